The largest absolute Gasteiger partial charge is 0.493 e. The highest BCUT2D eigenvalue weighted by Crippen LogP contribution is 2.37. The second kappa shape index (κ2) is 10.5. The van der Waals surface area contributed by atoms with Crippen molar-refractivity contribution in [3.8, 4) is 11.5 Å². The third kappa shape index (κ3) is 6.04. The van der Waals surface area contributed by atoms with Gasteiger partial charge in [-0.3, -0.25) is 0 Å². The van der Waals surface area contributed by atoms with Crippen LogP contribution in [0.4, 0.5) is 0 Å². The molecule has 0 unspecified atom stereocenters. The summed E-state index contributed by atoms with van der Waals surface area (Å²) in [4.78, 5) is 0. The van der Waals surface area contributed by atoms with Crippen LogP contribution < -0.4 is 9.47 Å². The van der Waals surface area contributed by atoms with E-state index in [0.29, 0.717) is 0 Å². The molecule has 4 heteroatoms. The summed E-state index contributed by atoms with van der Waals surface area (Å²) >= 11 is 7.01. The number of alkyl halides is 1. The van der Waals surface area contributed by atoms with Gasteiger partial charge in [-0.2, -0.15) is 0 Å². The summed E-state index contributed by atoms with van der Waals surface area (Å²) in [6, 6.07) is 4.07. The first-order valence-electron chi connectivity index (χ1n) is 7.28. The first-order valence-corrected chi connectivity index (χ1v) is 9.19. The van der Waals surface area contributed by atoms with E-state index < -0.39 is 0 Å². The fourth-order valence-electron chi connectivity index (χ4n) is 2.05. The molecule has 114 valence electrons. The van der Waals surface area contributed by atoms with Crippen LogP contribution in [0.15, 0.2) is 16.6 Å². The van der Waals surface area contributed by atoms with Crippen molar-refractivity contribution in [2.75, 3.05) is 13.7 Å². The summed E-state index contributed by atoms with van der Waals surface area (Å²) in [7, 11) is 1.68. The molecule has 0 amide bonds. The van der Waals surface area contributed by atoms with E-state index in [4.69, 9.17) is 9.47 Å². The van der Waals surface area contributed by atoms with Crippen LogP contribution in [0.2, 0.25) is 0 Å². The molecule has 0 saturated carbocycles. The van der Waals surface area contributed by atoms with E-state index in [1.807, 2.05) is 6.07 Å². The van der Waals surface area contributed by atoms with Gasteiger partial charge in [0.2, 0.25) is 0 Å². The summed E-state index contributed by atoms with van der Waals surface area (Å²) in [5.41, 5.74) is 1.17. The van der Waals surface area contributed by atoms with E-state index in [9.17, 15) is 0 Å². The average Bonchev–Trinajstić information content (AvgIpc) is 2.47. The Balaban J connectivity index is 2.43. The number of methoxy groups -OCH3 is 1. The Morgan fingerprint density at radius 1 is 1.05 bits per heavy atom. The number of hydrogen-bond donors (Lipinski definition) is 0. The first kappa shape index (κ1) is 17.8. The van der Waals surface area contributed by atoms with Crippen molar-refractivity contribution in [3.63, 3.8) is 0 Å². The van der Waals surface area contributed by atoms with Crippen LogP contribution in [-0.2, 0) is 5.33 Å². The molecule has 0 radical (unpaired) electrons. The van der Waals surface area contributed by atoms with Gasteiger partial charge < -0.3 is 9.47 Å². The molecular weight excluding hydrogens is 384 g/mol. The van der Waals surface area contributed by atoms with Gasteiger partial charge in [0.25, 0.3) is 0 Å². The maximum atomic E-state index is 5.88. The SMILES string of the molecule is CCCCCCCCOc1c(Br)cc(CBr)cc1OC. The van der Waals surface area contributed by atoms with Crippen LogP contribution in [0.1, 0.15) is 51.0 Å². The molecule has 2 nitrogen and oxygen atoms in total. The van der Waals surface area contributed by atoms with Crippen molar-refractivity contribution >= 4 is 31.9 Å². The second-order valence-corrected chi connectivity index (χ2v) is 6.27. The van der Waals surface area contributed by atoms with E-state index >= 15 is 0 Å². The molecule has 0 heterocycles. The van der Waals surface area contributed by atoms with Gasteiger partial charge in [-0.1, -0.05) is 55.0 Å². The van der Waals surface area contributed by atoms with Crippen LogP contribution in [-0.4, -0.2) is 13.7 Å². The normalized spacial score (nSPS) is 10.6. The molecule has 0 N–H and O–H groups in total. The molecule has 0 saturated heterocycles. The molecule has 0 bridgehead atoms. The molecule has 20 heavy (non-hydrogen) atoms. The van der Waals surface area contributed by atoms with Crippen molar-refractivity contribution in [1.29, 1.82) is 0 Å². The van der Waals surface area contributed by atoms with E-state index in [2.05, 4.69) is 44.8 Å². The minimum atomic E-state index is 0.745. The van der Waals surface area contributed by atoms with Crippen molar-refractivity contribution in [2.24, 2.45) is 0 Å². The number of benzene rings is 1. The zero-order valence-corrected chi connectivity index (χ0v) is 15.6. The minimum absolute atomic E-state index is 0.745. The summed E-state index contributed by atoms with van der Waals surface area (Å²) < 4.78 is 12.2. The van der Waals surface area contributed by atoms with Gasteiger partial charge in [0, 0.05) is 5.33 Å². The lowest BCUT2D eigenvalue weighted by Gasteiger charge is -2.13. The van der Waals surface area contributed by atoms with Crippen LogP contribution in [0.3, 0.4) is 0 Å². The van der Waals surface area contributed by atoms with Gasteiger partial charge in [-0.05, 0) is 40.0 Å². The van der Waals surface area contributed by atoms with E-state index in [-0.39, 0.29) is 0 Å². The predicted octanol–water partition coefficient (Wildman–Crippen LogP) is 6.09. The van der Waals surface area contributed by atoms with Gasteiger partial charge in [0.05, 0.1) is 18.2 Å². The van der Waals surface area contributed by atoms with Gasteiger partial charge >= 0.3 is 0 Å². The number of halogens is 2. The maximum absolute atomic E-state index is 5.88. The lowest BCUT2D eigenvalue weighted by molar-refractivity contribution is 0.282. The average molecular weight is 408 g/mol. The molecular formula is C16H24Br2O2. The zero-order chi connectivity index (χ0) is 14.8. The second-order valence-electron chi connectivity index (χ2n) is 4.86. The number of ether oxygens (including phenoxy) is 2. The zero-order valence-electron chi connectivity index (χ0n) is 12.4. The fourth-order valence-corrected chi connectivity index (χ4v) is 2.97. The molecule has 0 aromatic heterocycles. The van der Waals surface area contributed by atoms with Crippen LogP contribution in [0.25, 0.3) is 0 Å². The Hall–Kier alpha value is -0.220. The number of hydrogen-bond acceptors (Lipinski definition) is 2. The molecule has 0 fully saturated rings. The standard InChI is InChI=1S/C16H24Br2O2/c1-3-4-5-6-7-8-9-20-16-14(18)10-13(12-17)11-15(16)19-2/h10-11H,3-9,12H2,1-2H3. The molecule has 0 aliphatic rings. The van der Waals surface area contributed by atoms with Crippen molar-refractivity contribution in [3.05, 3.63) is 22.2 Å². The Labute approximate surface area is 139 Å². The van der Waals surface area contributed by atoms with Crippen molar-refractivity contribution < 1.29 is 9.47 Å². The monoisotopic (exact) mass is 406 g/mol. The molecule has 1 aromatic carbocycles. The molecule has 1 rings (SSSR count). The molecule has 0 aliphatic carbocycles. The van der Waals surface area contributed by atoms with E-state index in [1.54, 1.807) is 7.11 Å². The third-order valence-corrected chi connectivity index (χ3v) is 4.42. The molecule has 0 spiro atoms. The number of rotatable bonds is 10. The van der Waals surface area contributed by atoms with E-state index in [0.717, 1.165) is 34.3 Å². The van der Waals surface area contributed by atoms with Crippen LogP contribution in [0.5, 0.6) is 11.5 Å². The summed E-state index contributed by atoms with van der Waals surface area (Å²) in [6.45, 7) is 2.98. The Kier molecular flexibility index (Phi) is 9.36. The Morgan fingerprint density at radius 3 is 2.40 bits per heavy atom. The fraction of sp³-hybridized carbons (Fsp3) is 0.625. The first-order chi connectivity index (χ1) is 9.72. The minimum Gasteiger partial charge on any atom is -0.493 e. The molecule has 0 atom stereocenters. The van der Waals surface area contributed by atoms with Crippen LogP contribution >= 0.6 is 31.9 Å². The van der Waals surface area contributed by atoms with Crippen molar-refractivity contribution in [2.45, 2.75) is 50.8 Å². The van der Waals surface area contributed by atoms with Crippen LogP contribution in [0, 0.1) is 0 Å². The summed E-state index contributed by atoms with van der Waals surface area (Å²) in [5.74, 6) is 1.60. The van der Waals surface area contributed by atoms with Gasteiger partial charge in [0.1, 0.15) is 0 Å². The third-order valence-electron chi connectivity index (χ3n) is 3.19. The maximum Gasteiger partial charge on any atom is 0.175 e. The van der Waals surface area contributed by atoms with Gasteiger partial charge in [0.15, 0.2) is 11.5 Å². The van der Waals surface area contributed by atoms with Gasteiger partial charge in [-0.25, -0.2) is 0 Å². The number of unbranched alkanes of at least 4 members (excludes halogenated alkanes) is 5. The smallest absolute Gasteiger partial charge is 0.175 e. The summed E-state index contributed by atoms with van der Waals surface area (Å²) in [6.07, 6.45) is 7.61. The van der Waals surface area contributed by atoms with E-state index in [1.165, 1.54) is 37.7 Å². The summed E-state index contributed by atoms with van der Waals surface area (Å²) in [5, 5.41) is 0.805. The van der Waals surface area contributed by atoms with Gasteiger partial charge in [-0.15, -0.1) is 0 Å². The topological polar surface area (TPSA) is 18.5 Å². The Morgan fingerprint density at radius 2 is 1.75 bits per heavy atom. The highest BCUT2D eigenvalue weighted by Gasteiger charge is 2.11. The lowest BCUT2D eigenvalue weighted by Crippen LogP contribution is -2.01. The predicted molar refractivity (Wildman–Crippen MR) is 92.2 cm³/mol. The highest BCUT2D eigenvalue weighted by molar-refractivity contribution is 9.10. The highest BCUT2D eigenvalue weighted by atomic mass is 79.9. The quantitative estimate of drug-likeness (QED) is 0.345. The Bertz CT molecular complexity index is 394. The van der Waals surface area contributed by atoms with Crippen molar-refractivity contribution in [1.82, 2.24) is 0 Å². The molecule has 1 aromatic rings. The lowest BCUT2D eigenvalue weighted by atomic mass is 10.1. The molecule has 0 aliphatic heterocycles.